The van der Waals surface area contributed by atoms with Crippen LogP contribution in [0.2, 0.25) is 0 Å². The van der Waals surface area contributed by atoms with Crippen molar-refractivity contribution in [3.63, 3.8) is 0 Å². The fourth-order valence-electron chi connectivity index (χ4n) is 7.91. The smallest absolute Gasteiger partial charge is 0.125 e. The first kappa shape index (κ1) is 18.4. The monoisotopic (exact) mass is 375 g/mol. The summed E-state index contributed by atoms with van der Waals surface area (Å²) >= 11 is 0. The quantitative estimate of drug-likeness (QED) is 0.659. The molecule has 0 aromatic carbocycles. The van der Waals surface area contributed by atoms with E-state index in [4.69, 9.17) is 6.42 Å². The molecule has 148 valence electrons. The number of nitrogens with zero attached hydrogens (tertiary/aromatic N) is 1. The number of allylic oxidation sites excluding steroid dienone is 2. The molecular formula is C26H33NO. The third kappa shape index (κ3) is 2.48. The minimum absolute atomic E-state index is 0.293. The molecule has 1 heterocycles. The number of pyridine rings is 1. The molecule has 0 saturated heterocycles. The molecule has 3 saturated carbocycles. The topological polar surface area (TPSA) is 33.1 Å². The summed E-state index contributed by atoms with van der Waals surface area (Å²) in [6.45, 7) is 5.05. The highest BCUT2D eigenvalue weighted by Gasteiger charge is 2.59. The Bertz CT molecular complexity index is 838. The SMILES string of the molecule is C#CC1(O)CC[C@@]2(C)C(CCC3C2CC[C@]2(C)C(c4cccnc4)=CCC32)C1. The predicted octanol–water partition coefficient (Wildman–Crippen LogP) is 5.48. The number of terminal acetylenes is 1. The molecule has 5 rings (SSSR count). The van der Waals surface area contributed by atoms with Crippen LogP contribution in [-0.2, 0) is 0 Å². The minimum Gasteiger partial charge on any atom is -0.378 e. The maximum absolute atomic E-state index is 10.7. The van der Waals surface area contributed by atoms with E-state index < -0.39 is 5.60 Å². The van der Waals surface area contributed by atoms with Gasteiger partial charge in [0.25, 0.3) is 0 Å². The second-order valence-electron chi connectivity index (χ2n) is 10.6. The van der Waals surface area contributed by atoms with E-state index in [2.05, 4.69) is 43.0 Å². The molecule has 2 heteroatoms. The van der Waals surface area contributed by atoms with E-state index in [1.54, 1.807) is 5.57 Å². The second kappa shape index (κ2) is 6.20. The molecule has 0 aliphatic heterocycles. The summed E-state index contributed by atoms with van der Waals surface area (Å²) in [5, 5.41) is 10.7. The zero-order valence-electron chi connectivity index (χ0n) is 17.3. The Kier molecular flexibility index (Phi) is 4.08. The van der Waals surface area contributed by atoms with Gasteiger partial charge in [-0.25, -0.2) is 0 Å². The Balaban J connectivity index is 1.42. The van der Waals surface area contributed by atoms with Crippen LogP contribution in [0.4, 0.5) is 0 Å². The van der Waals surface area contributed by atoms with Crippen LogP contribution in [0, 0.1) is 46.8 Å². The van der Waals surface area contributed by atoms with E-state index in [-0.39, 0.29) is 0 Å². The van der Waals surface area contributed by atoms with Gasteiger partial charge in [0.05, 0.1) is 0 Å². The molecule has 3 fully saturated rings. The van der Waals surface area contributed by atoms with Gasteiger partial charge in [0.15, 0.2) is 0 Å². The normalized spacial score (nSPS) is 47.3. The average Bonchev–Trinajstić information content (AvgIpc) is 3.06. The van der Waals surface area contributed by atoms with Crippen molar-refractivity contribution in [2.75, 3.05) is 0 Å². The molecule has 0 radical (unpaired) electrons. The van der Waals surface area contributed by atoms with Crippen molar-refractivity contribution in [1.29, 1.82) is 0 Å². The molecule has 7 atom stereocenters. The highest BCUT2D eigenvalue weighted by molar-refractivity contribution is 5.72. The van der Waals surface area contributed by atoms with Crippen molar-refractivity contribution in [3.8, 4) is 12.3 Å². The van der Waals surface area contributed by atoms with Crippen molar-refractivity contribution in [2.45, 2.75) is 70.8 Å². The summed E-state index contributed by atoms with van der Waals surface area (Å²) in [6.07, 6.45) is 21.2. The Morgan fingerprint density at radius 1 is 1.14 bits per heavy atom. The highest BCUT2D eigenvalue weighted by atomic mass is 16.3. The van der Waals surface area contributed by atoms with Gasteiger partial charge in [0.1, 0.15) is 5.60 Å². The molecular weight excluding hydrogens is 342 g/mol. The molecule has 2 nitrogen and oxygen atoms in total. The predicted molar refractivity (Wildman–Crippen MR) is 113 cm³/mol. The number of hydrogen-bond acceptors (Lipinski definition) is 2. The summed E-state index contributed by atoms with van der Waals surface area (Å²) in [5.41, 5.74) is 2.65. The molecule has 5 unspecified atom stereocenters. The van der Waals surface area contributed by atoms with Gasteiger partial charge in [-0.3, -0.25) is 4.98 Å². The van der Waals surface area contributed by atoms with Crippen LogP contribution in [-0.4, -0.2) is 15.7 Å². The number of aliphatic hydroxyl groups is 1. The molecule has 1 N–H and O–H groups in total. The van der Waals surface area contributed by atoms with Crippen LogP contribution in [0.15, 0.2) is 30.6 Å². The van der Waals surface area contributed by atoms with Crippen LogP contribution in [0.3, 0.4) is 0 Å². The number of hydrogen-bond donors (Lipinski definition) is 1. The summed E-state index contributed by atoms with van der Waals surface area (Å²) < 4.78 is 0. The van der Waals surface area contributed by atoms with E-state index in [1.807, 2.05) is 12.4 Å². The molecule has 0 bridgehead atoms. The highest BCUT2D eigenvalue weighted by Crippen LogP contribution is 2.67. The van der Waals surface area contributed by atoms with Gasteiger partial charge in [-0.2, -0.15) is 0 Å². The molecule has 4 aliphatic carbocycles. The Labute approximate surface area is 169 Å². The van der Waals surface area contributed by atoms with Crippen molar-refractivity contribution in [1.82, 2.24) is 4.98 Å². The average molecular weight is 376 g/mol. The Morgan fingerprint density at radius 3 is 2.75 bits per heavy atom. The third-order valence-corrected chi connectivity index (χ3v) is 9.55. The number of aromatic nitrogens is 1. The van der Waals surface area contributed by atoms with E-state index >= 15 is 0 Å². The number of fused-ring (bicyclic) bond motifs is 5. The lowest BCUT2D eigenvalue weighted by molar-refractivity contribution is -0.128. The van der Waals surface area contributed by atoms with Crippen LogP contribution in [0.5, 0.6) is 0 Å². The lowest BCUT2D eigenvalue weighted by atomic mass is 9.44. The van der Waals surface area contributed by atoms with Crippen LogP contribution in [0.1, 0.15) is 70.8 Å². The third-order valence-electron chi connectivity index (χ3n) is 9.55. The van der Waals surface area contributed by atoms with Crippen molar-refractivity contribution >= 4 is 5.57 Å². The number of rotatable bonds is 1. The maximum Gasteiger partial charge on any atom is 0.125 e. The lowest BCUT2D eigenvalue weighted by Gasteiger charge is -2.61. The lowest BCUT2D eigenvalue weighted by Crippen LogP contribution is -2.55. The minimum atomic E-state index is -0.859. The zero-order chi connectivity index (χ0) is 19.6. The zero-order valence-corrected chi connectivity index (χ0v) is 17.3. The van der Waals surface area contributed by atoms with Gasteiger partial charge in [-0.15, -0.1) is 6.42 Å². The Hall–Kier alpha value is -1.59. The van der Waals surface area contributed by atoms with Crippen molar-refractivity contribution in [3.05, 3.63) is 36.2 Å². The molecule has 1 aromatic rings. The van der Waals surface area contributed by atoms with E-state index in [1.165, 1.54) is 37.7 Å². The van der Waals surface area contributed by atoms with Gasteiger partial charge in [-0.1, -0.05) is 31.9 Å². The van der Waals surface area contributed by atoms with Crippen LogP contribution >= 0.6 is 0 Å². The fourth-order valence-corrected chi connectivity index (χ4v) is 7.91. The second-order valence-corrected chi connectivity index (χ2v) is 10.6. The summed E-state index contributed by atoms with van der Waals surface area (Å²) in [7, 11) is 0. The molecule has 0 spiro atoms. The first-order chi connectivity index (χ1) is 13.4. The molecule has 1 aromatic heterocycles. The van der Waals surface area contributed by atoms with Gasteiger partial charge < -0.3 is 5.11 Å². The fraction of sp³-hybridized carbons (Fsp3) is 0.654. The first-order valence-electron chi connectivity index (χ1n) is 11.2. The van der Waals surface area contributed by atoms with E-state index in [0.717, 1.165) is 37.0 Å². The standard InChI is InChI=1S/C26H33NO/c1-4-26(28)14-13-24(2)19(16-26)7-8-20-22-10-9-21(18-6-5-15-27-17-18)25(22,3)12-11-23(20)24/h1,5-6,9,15,17,19-20,22-23,28H,7-8,10-14,16H2,2-3H3/t19?,20?,22?,23?,24-,25+,26?/m0/s1. The van der Waals surface area contributed by atoms with Gasteiger partial charge >= 0.3 is 0 Å². The Morgan fingerprint density at radius 2 is 2.00 bits per heavy atom. The summed E-state index contributed by atoms with van der Waals surface area (Å²) in [4.78, 5) is 4.39. The van der Waals surface area contributed by atoms with Gasteiger partial charge in [-0.05, 0) is 103 Å². The van der Waals surface area contributed by atoms with Crippen LogP contribution < -0.4 is 0 Å². The maximum atomic E-state index is 10.7. The van der Waals surface area contributed by atoms with E-state index in [0.29, 0.717) is 16.7 Å². The first-order valence-corrected chi connectivity index (χ1v) is 11.2. The van der Waals surface area contributed by atoms with Crippen molar-refractivity contribution < 1.29 is 5.11 Å². The summed E-state index contributed by atoms with van der Waals surface area (Å²) in [6, 6.07) is 4.30. The molecule has 28 heavy (non-hydrogen) atoms. The largest absolute Gasteiger partial charge is 0.378 e. The van der Waals surface area contributed by atoms with E-state index in [9.17, 15) is 5.11 Å². The summed E-state index contributed by atoms with van der Waals surface area (Å²) in [5.74, 6) is 5.64. The molecule has 4 aliphatic rings. The van der Waals surface area contributed by atoms with Gasteiger partial charge in [0.2, 0.25) is 0 Å². The van der Waals surface area contributed by atoms with Crippen molar-refractivity contribution in [2.24, 2.45) is 34.5 Å². The van der Waals surface area contributed by atoms with Crippen LogP contribution in [0.25, 0.3) is 5.57 Å². The molecule has 0 amide bonds. The van der Waals surface area contributed by atoms with Gasteiger partial charge in [0, 0.05) is 12.4 Å².